The van der Waals surface area contributed by atoms with Crippen molar-refractivity contribution in [3.8, 4) is 0 Å². The number of aliphatic hydroxyl groups excluding tert-OH is 1. The molecule has 0 radical (unpaired) electrons. The van der Waals surface area contributed by atoms with Crippen molar-refractivity contribution in [2.75, 3.05) is 40.9 Å². The molecular formula is C70H132N2O6P+. The zero-order valence-electron chi connectivity index (χ0n) is 52.9. The number of quaternary nitrogens is 1. The molecular weight excluding hydrogens is 996 g/mol. The molecule has 0 aromatic rings. The fraction of sp³-hybridized carbons (Fsp3) is 0.814. The van der Waals surface area contributed by atoms with Crippen LogP contribution in [0.1, 0.15) is 316 Å². The molecule has 462 valence electrons. The van der Waals surface area contributed by atoms with Gasteiger partial charge in [0.05, 0.1) is 39.9 Å². The van der Waals surface area contributed by atoms with Crippen molar-refractivity contribution in [1.29, 1.82) is 0 Å². The lowest BCUT2D eigenvalue weighted by molar-refractivity contribution is -0.870. The standard InChI is InChI=1S/C70H131N2O6P/c1-6-8-10-12-14-16-18-20-22-24-26-27-28-29-30-31-32-33-34-35-36-37-38-39-40-41-42-43-44-45-46-48-50-52-54-56-58-60-62-64-70(74)71-68(67-78-79(75,76)77-66-65-72(3,4)5)69(73)63-61-59-57-55-53-51-49-47-25-23-21-19-17-15-13-11-9-7-2/h8,10,14,16,20,22,26-27,53,55,61,63,68-69,73H,6-7,9,11-13,15,17-19,21,23-25,28-52,54,56-60,62,64-67H2,1-5H3,(H-,71,74,75,76)/p+1/b10-8-,16-14-,22-20-,27-26-,55-53+,63-61+. The molecule has 3 atom stereocenters. The lowest BCUT2D eigenvalue weighted by Gasteiger charge is -2.25. The molecule has 79 heavy (non-hydrogen) atoms. The van der Waals surface area contributed by atoms with Crippen LogP contribution in [0.2, 0.25) is 0 Å². The van der Waals surface area contributed by atoms with Crippen LogP contribution >= 0.6 is 7.82 Å². The molecule has 0 heterocycles. The van der Waals surface area contributed by atoms with Crippen molar-refractivity contribution in [2.45, 2.75) is 328 Å². The van der Waals surface area contributed by atoms with E-state index in [0.717, 1.165) is 64.2 Å². The second kappa shape index (κ2) is 60.5. The van der Waals surface area contributed by atoms with E-state index in [9.17, 15) is 19.4 Å². The van der Waals surface area contributed by atoms with Gasteiger partial charge >= 0.3 is 7.82 Å². The summed E-state index contributed by atoms with van der Waals surface area (Å²) in [5.74, 6) is -0.182. The van der Waals surface area contributed by atoms with E-state index in [2.05, 4.69) is 79.9 Å². The Morgan fingerprint density at radius 2 is 0.772 bits per heavy atom. The van der Waals surface area contributed by atoms with Gasteiger partial charge in [0.25, 0.3) is 0 Å². The van der Waals surface area contributed by atoms with Gasteiger partial charge in [-0.25, -0.2) is 4.57 Å². The van der Waals surface area contributed by atoms with Gasteiger partial charge in [-0.3, -0.25) is 13.8 Å². The maximum Gasteiger partial charge on any atom is 0.472 e. The van der Waals surface area contributed by atoms with E-state index in [0.29, 0.717) is 17.4 Å². The Morgan fingerprint density at radius 1 is 0.443 bits per heavy atom. The van der Waals surface area contributed by atoms with Crippen LogP contribution < -0.4 is 5.32 Å². The van der Waals surface area contributed by atoms with Gasteiger partial charge in [-0.1, -0.05) is 311 Å². The van der Waals surface area contributed by atoms with Crippen molar-refractivity contribution in [3.63, 3.8) is 0 Å². The maximum absolute atomic E-state index is 13.0. The summed E-state index contributed by atoms with van der Waals surface area (Å²) in [4.78, 5) is 23.4. The van der Waals surface area contributed by atoms with Gasteiger partial charge in [-0.2, -0.15) is 0 Å². The van der Waals surface area contributed by atoms with E-state index in [1.807, 2.05) is 27.2 Å². The molecule has 0 saturated carbocycles. The number of phosphoric acid groups is 1. The van der Waals surface area contributed by atoms with Gasteiger partial charge < -0.3 is 19.8 Å². The van der Waals surface area contributed by atoms with Crippen LogP contribution in [0.15, 0.2) is 72.9 Å². The third-order valence-electron chi connectivity index (χ3n) is 15.2. The lowest BCUT2D eigenvalue weighted by Crippen LogP contribution is -2.45. The van der Waals surface area contributed by atoms with Crippen molar-refractivity contribution < 1.29 is 32.9 Å². The van der Waals surface area contributed by atoms with E-state index in [1.54, 1.807) is 6.08 Å². The molecule has 0 aliphatic rings. The summed E-state index contributed by atoms with van der Waals surface area (Å²) in [6.07, 6.45) is 84.9. The third kappa shape index (κ3) is 63.4. The van der Waals surface area contributed by atoms with Crippen LogP contribution in [0.25, 0.3) is 0 Å². The fourth-order valence-electron chi connectivity index (χ4n) is 9.94. The summed E-state index contributed by atoms with van der Waals surface area (Å²) in [5.41, 5.74) is 0. The average molecular weight is 1130 g/mol. The first kappa shape index (κ1) is 76.9. The van der Waals surface area contributed by atoms with E-state index >= 15 is 0 Å². The van der Waals surface area contributed by atoms with Gasteiger partial charge in [-0.05, 0) is 70.6 Å². The number of carbonyl (C=O) groups is 1. The highest BCUT2D eigenvalue weighted by atomic mass is 31.2. The Labute approximate surface area is 491 Å². The SMILES string of the molecule is CC/C=C\C/C=C\C/C=C\C/C=C\CCCCCCCCCCCCCCCCCCCCCCCCCCCCC(=O)NC(COP(=O)(O)OCC[N+](C)(C)C)C(O)/C=C/CC/C=C/CCCCCCCCCCCCCC. The largest absolute Gasteiger partial charge is 0.472 e. The van der Waals surface area contributed by atoms with Gasteiger partial charge in [0.1, 0.15) is 13.2 Å². The number of hydrogen-bond donors (Lipinski definition) is 3. The Bertz CT molecular complexity index is 1520. The zero-order chi connectivity index (χ0) is 57.7. The van der Waals surface area contributed by atoms with Crippen molar-refractivity contribution in [2.24, 2.45) is 0 Å². The van der Waals surface area contributed by atoms with E-state index < -0.39 is 20.0 Å². The summed E-state index contributed by atoms with van der Waals surface area (Å²) < 4.78 is 23.7. The highest BCUT2D eigenvalue weighted by Crippen LogP contribution is 2.43. The van der Waals surface area contributed by atoms with Gasteiger partial charge in [-0.15, -0.1) is 0 Å². The molecule has 3 unspecified atom stereocenters. The number of phosphoric ester groups is 1. The van der Waals surface area contributed by atoms with E-state index in [1.165, 1.54) is 231 Å². The zero-order valence-corrected chi connectivity index (χ0v) is 53.8. The topological polar surface area (TPSA) is 105 Å². The highest BCUT2D eigenvalue weighted by molar-refractivity contribution is 7.47. The average Bonchev–Trinajstić information content (AvgIpc) is 3.42. The first-order valence-electron chi connectivity index (χ1n) is 33.8. The molecule has 0 saturated heterocycles. The van der Waals surface area contributed by atoms with E-state index in [-0.39, 0.29) is 19.1 Å². The number of carbonyl (C=O) groups excluding carboxylic acids is 1. The highest BCUT2D eigenvalue weighted by Gasteiger charge is 2.28. The van der Waals surface area contributed by atoms with Crippen molar-refractivity contribution >= 4 is 13.7 Å². The molecule has 9 heteroatoms. The summed E-state index contributed by atoms with van der Waals surface area (Å²) in [7, 11) is 1.56. The summed E-state index contributed by atoms with van der Waals surface area (Å²) >= 11 is 0. The third-order valence-corrected chi connectivity index (χ3v) is 16.1. The molecule has 0 aromatic heterocycles. The van der Waals surface area contributed by atoms with Gasteiger partial charge in [0, 0.05) is 6.42 Å². The number of likely N-dealkylation sites (N-methyl/N-ethyl adjacent to an activating group) is 1. The van der Waals surface area contributed by atoms with Crippen LogP contribution in [0, 0.1) is 0 Å². The molecule has 0 aliphatic heterocycles. The molecule has 0 aliphatic carbocycles. The van der Waals surface area contributed by atoms with Crippen LogP contribution in [0.4, 0.5) is 0 Å². The van der Waals surface area contributed by atoms with Crippen LogP contribution in [0.3, 0.4) is 0 Å². The summed E-state index contributed by atoms with van der Waals surface area (Å²) in [5, 5.41) is 13.9. The molecule has 1 amide bonds. The second-order valence-electron chi connectivity index (χ2n) is 24.2. The molecule has 0 aromatic carbocycles. The molecule has 3 N–H and O–H groups in total. The Balaban J connectivity index is 3.95. The van der Waals surface area contributed by atoms with Crippen molar-refractivity contribution in [1.82, 2.24) is 5.32 Å². The molecule has 0 fully saturated rings. The smallest absolute Gasteiger partial charge is 0.387 e. The first-order chi connectivity index (χ1) is 38.5. The first-order valence-corrected chi connectivity index (χ1v) is 35.3. The second-order valence-corrected chi connectivity index (χ2v) is 25.6. The normalized spacial score (nSPS) is 14.2. The predicted molar refractivity (Wildman–Crippen MR) is 346 cm³/mol. The maximum atomic E-state index is 13.0. The molecule has 8 nitrogen and oxygen atoms in total. The number of aliphatic hydroxyl groups is 1. The van der Waals surface area contributed by atoms with E-state index in [4.69, 9.17) is 9.05 Å². The monoisotopic (exact) mass is 1130 g/mol. The Morgan fingerprint density at radius 3 is 1.16 bits per heavy atom. The quantitative estimate of drug-likeness (QED) is 0.0243. The minimum atomic E-state index is -4.36. The van der Waals surface area contributed by atoms with Crippen molar-refractivity contribution in [3.05, 3.63) is 72.9 Å². The summed E-state index contributed by atoms with van der Waals surface area (Å²) in [6, 6.07) is -0.864. The van der Waals surface area contributed by atoms with Gasteiger partial charge in [0.15, 0.2) is 0 Å². The number of rotatable bonds is 62. The number of amides is 1. The minimum absolute atomic E-state index is 0.0566. The van der Waals surface area contributed by atoms with Crippen LogP contribution in [-0.4, -0.2) is 73.4 Å². The fourth-order valence-corrected chi connectivity index (χ4v) is 10.7. The number of unbranched alkanes of at least 4 members (excludes halogenated alkanes) is 39. The summed E-state index contributed by atoms with van der Waals surface area (Å²) in [6.45, 7) is 4.71. The molecule has 0 spiro atoms. The Hall–Kier alpha value is -2.06. The lowest BCUT2D eigenvalue weighted by atomic mass is 10.0. The van der Waals surface area contributed by atoms with Crippen LogP contribution in [-0.2, 0) is 18.4 Å². The van der Waals surface area contributed by atoms with Gasteiger partial charge in [0.2, 0.25) is 5.91 Å². The number of nitrogens with one attached hydrogen (secondary N) is 1. The number of allylic oxidation sites excluding steroid dienone is 11. The minimum Gasteiger partial charge on any atom is -0.387 e. The number of hydrogen-bond acceptors (Lipinski definition) is 5. The molecule has 0 bridgehead atoms. The Kier molecular flexibility index (Phi) is 59.0. The molecule has 0 rings (SSSR count). The predicted octanol–water partition coefficient (Wildman–Crippen LogP) is 21.4. The number of nitrogens with zero attached hydrogens (tertiary/aromatic N) is 1. The van der Waals surface area contributed by atoms with Crippen LogP contribution in [0.5, 0.6) is 0 Å².